The third kappa shape index (κ3) is 5.10. The predicted molar refractivity (Wildman–Crippen MR) is 130 cm³/mol. The van der Waals surface area contributed by atoms with Crippen LogP contribution in [0.4, 0.5) is 11.4 Å². The molecule has 0 heterocycles. The first kappa shape index (κ1) is 21.0. The largest absolute Gasteiger partial charge is 0.387 e. The van der Waals surface area contributed by atoms with Crippen molar-refractivity contribution in [1.29, 1.82) is 0 Å². The molecule has 4 aromatic rings. The van der Waals surface area contributed by atoms with E-state index in [2.05, 4.69) is 12.1 Å². The van der Waals surface area contributed by atoms with E-state index in [1.807, 2.05) is 110 Å². The Balaban J connectivity index is 1.97. The Morgan fingerprint density at radius 1 is 0.645 bits per heavy atom. The standard InChI is InChI=1S/C27H26N2OS/c1-22-13-11-12-20-26(22)27(30)21-31(25-18-9-4-10-19-25,28-23-14-5-2-6-15-23)29-24-16-7-3-8-17-24/h2-20,27,30H,21H2,1H3. The van der Waals surface area contributed by atoms with Crippen LogP contribution >= 0.6 is 0 Å². The van der Waals surface area contributed by atoms with Crippen molar-refractivity contribution in [3.05, 3.63) is 126 Å². The molecule has 0 aliphatic carbocycles. The van der Waals surface area contributed by atoms with Gasteiger partial charge in [-0.15, -0.1) is 0 Å². The van der Waals surface area contributed by atoms with Crippen LogP contribution in [0.25, 0.3) is 0 Å². The number of rotatable bonds is 6. The van der Waals surface area contributed by atoms with Crippen molar-refractivity contribution in [1.82, 2.24) is 0 Å². The Labute approximate surface area is 184 Å². The molecular formula is C27H26N2OS. The minimum absolute atomic E-state index is 0.408. The lowest BCUT2D eigenvalue weighted by atomic mass is 10.1. The zero-order valence-corrected chi connectivity index (χ0v) is 18.3. The summed E-state index contributed by atoms with van der Waals surface area (Å²) in [5, 5.41) is 11.4. The zero-order chi connectivity index (χ0) is 21.5. The molecular weight excluding hydrogens is 400 g/mol. The van der Waals surface area contributed by atoms with Crippen LogP contribution in [0.1, 0.15) is 17.2 Å². The van der Waals surface area contributed by atoms with Crippen molar-refractivity contribution in [2.45, 2.75) is 17.9 Å². The quantitative estimate of drug-likeness (QED) is 0.346. The second-order valence-electron chi connectivity index (χ2n) is 7.37. The molecule has 1 N–H and O–H groups in total. The van der Waals surface area contributed by atoms with E-state index in [-0.39, 0.29) is 0 Å². The summed E-state index contributed by atoms with van der Waals surface area (Å²) in [4.78, 5) is 1.02. The summed E-state index contributed by atoms with van der Waals surface area (Å²) in [6.45, 7) is 2.03. The van der Waals surface area contributed by atoms with E-state index in [1.54, 1.807) is 0 Å². The van der Waals surface area contributed by atoms with E-state index in [1.165, 1.54) is 0 Å². The van der Waals surface area contributed by atoms with E-state index in [0.717, 1.165) is 27.4 Å². The van der Waals surface area contributed by atoms with Gasteiger partial charge in [-0.05, 0) is 64.1 Å². The van der Waals surface area contributed by atoms with Gasteiger partial charge in [0.2, 0.25) is 0 Å². The summed E-state index contributed by atoms with van der Waals surface area (Å²) in [5.41, 5.74) is 3.70. The Morgan fingerprint density at radius 2 is 1.10 bits per heavy atom. The maximum absolute atomic E-state index is 11.4. The maximum Gasteiger partial charge on any atom is 0.0904 e. The lowest BCUT2D eigenvalue weighted by Gasteiger charge is -2.22. The fourth-order valence-corrected chi connectivity index (χ4v) is 6.28. The molecule has 0 spiro atoms. The molecule has 156 valence electrons. The molecule has 4 heteroatoms. The highest BCUT2D eigenvalue weighted by Crippen LogP contribution is 2.31. The summed E-state index contributed by atoms with van der Waals surface area (Å²) in [6, 6.07) is 38.0. The summed E-state index contributed by atoms with van der Waals surface area (Å²) in [6.07, 6.45) is -0.684. The minimum atomic E-state index is -2.15. The number of hydrogen-bond acceptors (Lipinski definition) is 3. The van der Waals surface area contributed by atoms with Gasteiger partial charge in [0.15, 0.2) is 0 Å². The molecule has 0 bridgehead atoms. The van der Waals surface area contributed by atoms with Crippen LogP contribution < -0.4 is 0 Å². The maximum atomic E-state index is 11.4. The van der Waals surface area contributed by atoms with Gasteiger partial charge >= 0.3 is 0 Å². The highest BCUT2D eigenvalue weighted by atomic mass is 32.2. The second-order valence-corrected chi connectivity index (χ2v) is 9.88. The molecule has 4 rings (SSSR count). The van der Waals surface area contributed by atoms with Gasteiger partial charge in [0.05, 0.1) is 17.5 Å². The topological polar surface area (TPSA) is 45.0 Å². The molecule has 4 aromatic carbocycles. The molecule has 1 unspecified atom stereocenters. The number of aliphatic hydroxyl groups excluding tert-OH is 1. The van der Waals surface area contributed by atoms with Crippen molar-refractivity contribution in [3.8, 4) is 0 Å². The smallest absolute Gasteiger partial charge is 0.0904 e. The molecule has 31 heavy (non-hydrogen) atoms. The number of hydrogen-bond donors (Lipinski definition) is 1. The van der Waals surface area contributed by atoms with Crippen LogP contribution in [0.3, 0.4) is 0 Å². The van der Waals surface area contributed by atoms with Gasteiger partial charge in [0.1, 0.15) is 0 Å². The Morgan fingerprint density at radius 3 is 1.61 bits per heavy atom. The average Bonchev–Trinajstić information content (AvgIpc) is 2.81. The molecule has 0 amide bonds. The van der Waals surface area contributed by atoms with Crippen LogP contribution in [0.2, 0.25) is 0 Å². The summed E-state index contributed by atoms with van der Waals surface area (Å²) in [5.74, 6) is 0.408. The van der Waals surface area contributed by atoms with Crippen LogP contribution in [0.15, 0.2) is 129 Å². The van der Waals surface area contributed by atoms with Gasteiger partial charge in [0.25, 0.3) is 0 Å². The van der Waals surface area contributed by atoms with E-state index >= 15 is 0 Å². The number of aryl methyl sites for hydroxylation is 1. The Kier molecular flexibility index (Phi) is 6.60. The normalized spacial score (nSPS) is 12.2. The van der Waals surface area contributed by atoms with Crippen LogP contribution in [-0.4, -0.2) is 10.9 Å². The molecule has 0 aliphatic rings. The van der Waals surface area contributed by atoms with Gasteiger partial charge in [-0.25, -0.2) is 8.73 Å². The number of benzene rings is 4. The van der Waals surface area contributed by atoms with Gasteiger partial charge in [-0.1, -0.05) is 78.9 Å². The van der Waals surface area contributed by atoms with Crippen molar-refractivity contribution < 1.29 is 5.11 Å². The van der Waals surface area contributed by atoms with Gasteiger partial charge in [-0.3, -0.25) is 0 Å². The SMILES string of the molecule is Cc1ccccc1C(O)CS(=Nc1ccccc1)(=Nc1ccccc1)c1ccccc1. The zero-order valence-electron chi connectivity index (χ0n) is 17.5. The summed E-state index contributed by atoms with van der Waals surface area (Å²) < 4.78 is 10.4. The second kappa shape index (κ2) is 9.73. The first-order valence-electron chi connectivity index (χ1n) is 10.3. The fraction of sp³-hybridized carbons (Fsp3) is 0.111. The molecule has 0 aliphatic heterocycles. The molecule has 0 fully saturated rings. The Bertz CT molecular complexity index is 1190. The molecule has 1 atom stereocenters. The van der Waals surface area contributed by atoms with Crippen LogP contribution in [-0.2, 0) is 9.62 Å². The highest BCUT2D eigenvalue weighted by Gasteiger charge is 2.20. The van der Waals surface area contributed by atoms with E-state index < -0.39 is 15.7 Å². The lowest BCUT2D eigenvalue weighted by Crippen LogP contribution is -2.15. The number of aliphatic hydroxyl groups is 1. The molecule has 0 saturated heterocycles. The van der Waals surface area contributed by atoms with Crippen LogP contribution in [0.5, 0.6) is 0 Å². The van der Waals surface area contributed by atoms with Gasteiger partial charge in [-0.2, -0.15) is 0 Å². The van der Waals surface area contributed by atoms with Gasteiger partial charge in [0, 0.05) is 10.6 Å². The highest BCUT2D eigenvalue weighted by molar-refractivity contribution is 7.96. The van der Waals surface area contributed by atoms with Crippen molar-refractivity contribution >= 4 is 21.0 Å². The molecule has 0 aromatic heterocycles. The number of nitrogens with zero attached hydrogens (tertiary/aromatic N) is 2. The van der Waals surface area contributed by atoms with E-state index in [4.69, 9.17) is 8.73 Å². The average molecular weight is 427 g/mol. The first-order valence-corrected chi connectivity index (χ1v) is 12.0. The van der Waals surface area contributed by atoms with Crippen molar-refractivity contribution in [3.63, 3.8) is 0 Å². The molecule has 0 saturated carbocycles. The first-order chi connectivity index (χ1) is 15.2. The van der Waals surface area contributed by atoms with Crippen molar-refractivity contribution in [2.75, 3.05) is 5.75 Å². The van der Waals surface area contributed by atoms with Crippen molar-refractivity contribution in [2.24, 2.45) is 8.73 Å². The van der Waals surface area contributed by atoms with Crippen LogP contribution in [0, 0.1) is 6.92 Å². The van der Waals surface area contributed by atoms with E-state index in [0.29, 0.717) is 5.75 Å². The molecule has 0 radical (unpaired) electrons. The fourth-order valence-electron chi connectivity index (χ4n) is 3.53. The minimum Gasteiger partial charge on any atom is -0.387 e. The van der Waals surface area contributed by atoms with Gasteiger partial charge < -0.3 is 5.11 Å². The lowest BCUT2D eigenvalue weighted by molar-refractivity contribution is 0.202. The van der Waals surface area contributed by atoms with E-state index in [9.17, 15) is 5.11 Å². The Hall–Kier alpha value is -3.21. The predicted octanol–water partition coefficient (Wildman–Crippen LogP) is 7.27. The summed E-state index contributed by atoms with van der Waals surface area (Å²) >= 11 is 0. The summed E-state index contributed by atoms with van der Waals surface area (Å²) in [7, 11) is -2.15. The third-order valence-corrected chi connectivity index (χ3v) is 7.92. The monoisotopic (exact) mass is 426 g/mol. The third-order valence-electron chi connectivity index (χ3n) is 5.08. The molecule has 3 nitrogen and oxygen atoms in total.